The average molecular weight is 1400 g/mol. The molecule has 81 heavy (non-hydrogen) atoms. The zero-order valence-corrected chi connectivity index (χ0v) is 58.3. The van der Waals surface area contributed by atoms with Gasteiger partial charge in [0, 0.05) is 48.9 Å². The molecule has 2 saturated heterocycles. The quantitative estimate of drug-likeness (QED) is 0.0887. The molecule has 2 fully saturated rings. The van der Waals surface area contributed by atoms with Crippen molar-refractivity contribution >= 4 is 92.4 Å². The number of hydrogen-bond acceptors (Lipinski definition) is 8. The zero-order valence-electron chi connectivity index (χ0n) is 50.2. The van der Waals surface area contributed by atoms with Crippen LogP contribution in [0.3, 0.4) is 0 Å². The summed E-state index contributed by atoms with van der Waals surface area (Å²) >= 11 is 1.96. The van der Waals surface area contributed by atoms with E-state index >= 15 is 0 Å². The maximum absolute atomic E-state index is 12.1. The molecule has 0 unspecified atom stereocenters. The van der Waals surface area contributed by atoms with Gasteiger partial charge in [-0.05, 0) is 128 Å². The van der Waals surface area contributed by atoms with Crippen molar-refractivity contribution in [2.24, 2.45) is 0 Å². The molecule has 8 rings (SSSR count). The Morgan fingerprint density at radius 3 is 1.00 bits per heavy atom. The van der Waals surface area contributed by atoms with E-state index in [-0.39, 0.29) is 17.1 Å². The van der Waals surface area contributed by atoms with Crippen molar-refractivity contribution in [3.63, 3.8) is 0 Å². The number of anilines is 4. The van der Waals surface area contributed by atoms with E-state index in [0.29, 0.717) is 16.3 Å². The number of ether oxygens (including phenoxy) is 2. The third-order valence-corrected chi connectivity index (χ3v) is 19.0. The summed E-state index contributed by atoms with van der Waals surface area (Å²) in [6.45, 7) is 42.9. The minimum atomic E-state index is -3.49. The third-order valence-electron chi connectivity index (χ3n) is 13.2. The van der Waals surface area contributed by atoms with Gasteiger partial charge in [0.25, 0.3) is 0 Å². The van der Waals surface area contributed by atoms with Crippen LogP contribution in [0.2, 0.25) is 5.02 Å². The van der Waals surface area contributed by atoms with E-state index in [1.165, 1.54) is 110 Å². The van der Waals surface area contributed by atoms with Crippen molar-refractivity contribution in [2.45, 2.75) is 128 Å². The van der Waals surface area contributed by atoms with Crippen molar-refractivity contribution in [1.82, 2.24) is 4.31 Å². The molecule has 2 aliphatic heterocycles. The van der Waals surface area contributed by atoms with Crippen molar-refractivity contribution < 1.29 is 44.9 Å². The summed E-state index contributed by atoms with van der Waals surface area (Å²) < 4.78 is 40.2. The summed E-state index contributed by atoms with van der Waals surface area (Å²) in [6, 6.07) is 28.4. The van der Waals surface area contributed by atoms with Gasteiger partial charge < -0.3 is 19.6 Å². The molecule has 9 nitrogen and oxygen atoms in total. The smallest absolute Gasteiger partial charge is 0.0146 e. The minimum Gasteiger partial charge on any atom is -0.502 e. The van der Waals surface area contributed by atoms with Crippen molar-refractivity contribution in [1.29, 1.82) is 0 Å². The van der Waals surface area contributed by atoms with Crippen LogP contribution in [0.4, 0.5) is 22.7 Å². The molecule has 0 N–H and O–H groups in total. The molecule has 0 aliphatic carbocycles. The predicted molar refractivity (Wildman–Crippen MR) is 345 cm³/mol. The van der Waals surface area contributed by atoms with Gasteiger partial charge in [0.1, 0.15) is 0 Å². The number of rotatable bonds is 12. The minimum absolute atomic E-state index is 0.0234. The largest absolute Gasteiger partial charge is 0.502 e. The Balaban J connectivity index is 0.000000201. The van der Waals surface area contributed by atoms with E-state index in [2.05, 4.69) is 165 Å². The number of hydrogen-bond donors (Lipinski definition) is 0. The molecule has 0 amide bonds. The standard InChI is InChI=1S/2C21H27N2.C12H17NO3S.C10H11ClO.4ClH.2Ru/c2*1-14-9-16(3)20(17(4)10-14)22-7-8-23(13-22)21-18(5)11-15(2)12-19(21)6;1-9(2)16-12-7-6-11(8-10(12)3)17(14,15)13(4)5;1-7(2)12-10-5-4-9(11)6-8(10)3;;;;;;/h2*9-13H,7-8H2,1-6H3;3,6-9H,1-2,4-5H3;3-7H,1-2H3;4*1H;;/q2*-1;;;;;;;2*+2/p-4. The Bertz CT molecular complexity index is 3010. The number of sulfonamides is 1. The Kier molecular flexibility index (Phi) is 25.7. The Hall–Kier alpha value is -3.53. The first kappa shape index (κ1) is 68.2. The van der Waals surface area contributed by atoms with Crippen LogP contribution in [0.25, 0.3) is 0 Å². The van der Waals surface area contributed by atoms with Gasteiger partial charge in [0.2, 0.25) is 0 Å². The summed E-state index contributed by atoms with van der Waals surface area (Å²) in [5.41, 5.74) is 23.2. The zero-order chi connectivity index (χ0) is 60.4. The molecule has 2 heterocycles. The maximum Gasteiger partial charge on any atom is 0.0146 e. The van der Waals surface area contributed by atoms with Crippen LogP contribution in [-0.2, 0) is 37.1 Å². The molecule has 0 atom stereocenters. The van der Waals surface area contributed by atoms with Crippen molar-refractivity contribution in [3.05, 3.63) is 181 Å². The fourth-order valence-electron chi connectivity index (χ4n) is 10.6. The molecular weight excluding hydrogens is 1310 g/mol. The molecule has 0 saturated carbocycles. The van der Waals surface area contributed by atoms with Gasteiger partial charge in [-0.2, -0.15) is 13.3 Å². The van der Waals surface area contributed by atoms with Crippen LogP contribution in [0, 0.1) is 96.4 Å². The van der Waals surface area contributed by atoms with E-state index in [0.717, 1.165) is 41.8 Å². The van der Waals surface area contributed by atoms with Gasteiger partial charge in [-0.25, -0.2) is 0 Å². The molecule has 6 aromatic carbocycles. The third kappa shape index (κ3) is 19.2. The van der Waals surface area contributed by atoms with Gasteiger partial charge in [-0.3, -0.25) is 0 Å². The first-order chi connectivity index (χ1) is 37.9. The summed E-state index contributed by atoms with van der Waals surface area (Å²) in [5.74, 6) is 1.35. The van der Waals surface area contributed by atoms with Gasteiger partial charge in [-0.1, -0.05) is 70.8 Å². The fraction of sp³-hybridized carbons (Fsp3) is 0.375. The predicted octanol–water partition coefficient (Wildman–Crippen LogP) is 17.0. The number of halogens is 5. The maximum atomic E-state index is 12.1. The van der Waals surface area contributed by atoms with Crippen LogP contribution in [0.1, 0.15) is 106 Å². The summed E-state index contributed by atoms with van der Waals surface area (Å²) in [6.07, 6.45) is 0.0920. The number of aryl methyl sites for hydroxylation is 12. The molecule has 2 aliphatic rings. The average Bonchev–Trinajstić information content (AvgIpc) is 4.02. The van der Waals surface area contributed by atoms with E-state index in [1.807, 2.05) is 44.4 Å². The first-order valence-electron chi connectivity index (χ1n) is 26.8. The van der Waals surface area contributed by atoms with Gasteiger partial charge in [-0.15, -0.1) is 0 Å². The number of benzene rings is 6. The summed E-state index contributed by atoms with van der Waals surface area (Å²) in [5, 5.41) is 0.654. The Morgan fingerprint density at radius 1 is 0.469 bits per heavy atom. The van der Waals surface area contributed by atoms with E-state index in [4.69, 9.17) is 59.8 Å². The normalized spacial score (nSPS) is 13.6. The summed E-state index contributed by atoms with van der Waals surface area (Å²) in [4.78, 5) is 9.81. The van der Waals surface area contributed by atoms with Gasteiger partial charge in [0.15, 0.2) is 0 Å². The van der Waals surface area contributed by atoms with E-state index < -0.39 is 37.1 Å². The SMILES string of the molecule is CC(C)Oc1ccc(Cl)cc1[CH]=[Ru]([Cl])[Cl].CC(C)Oc1ccc(S(=O)(=O)N(C)C)cc1[CH]=[Ru]([Cl])[Cl].Cc1cc(C)c(N2[CH-]N(c3c(C)cc(C)cc3C)CC2)c(C)c1.Cc1cc(C)c(N2[CH-]N(c3c(C)cc(C)cc3C)CC2)c(C)c1. The van der Waals surface area contributed by atoms with Crippen LogP contribution in [-0.4, -0.2) is 74.4 Å². The fourth-order valence-corrected chi connectivity index (χ4v) is 15.3. The Morgan fingerprint density at radius 2 is 0.741 bits per heavy atom. The van der Waals surface area contributed by atoms with Crippen molar-refractivity contribution in [2.75, 3.05) is 59.9 Å². The molecule has 0 spiro atoms. The molecule has 6 aromatic rings. The molecule has 446 valence electrons. The van der Waals surface area contributed by atoms with Gasteiger partial charge in [0.05, 0.1) is 0 Å². The van der Waals surface area contributed by atoms with Crippen LogP contribution in [0.5, 0.6) is 11.5 Å². The van der Waals surface area contributed by atoms with E-state index in [1.54, 1.807) is 22.8 Å². The van der Waals surface area contributed by atoms with E-state index in [9.17, 15) is 8.42 Å². The number of nitrogens with zero attached hydrogens (tertiary/aromatic N) is 5. The second kappa shape index (κ2) is 30.5. The van der Waals surface area contributed by atoms with Crippen LogP contribution >= 0.6 is 50.4 Å². The second-order valence-corrected chi connectivity index (χ2v) is 35.6. The first-order valence-corrected chi connectivity index (χ1v) is 39.6. The Labute approximate surface area is 517 Å². The molecular formula is C64H82Cl5N5O4Ru2S-2. The molecule has 0 aromatic heterocycles. The monoisotopic (exact) mass is 1400 g/mol. The molecule has 0 bridgehead atoms. The molecule has 0 radical (unpaired) electrons. The van der Waals surface area contributed by atoms with Crippen LogP contribution < -0.4 is 29.1 Å². The van der Waals surface area contributed by atoms with Crippen LogP contribution in [0.15, 0.2) is 89.8 Å². The second-order valence-electron chi connectivity index (χ2n) is 21.6. The van der Waals surface area contributed by atoms with Crippen molar-refractivity contribution in [3.8, 4) is 11.5 Å². The molecule has 17 heteroatoms. The van der Waals surface area contributed by atoms with Gasteiger partial charge >= 0.3 is 242 Å². The summed E-state index contributed by atoms with van der Waals surface area (Å²) in [7, 11) is 22.9. The topological polar surface area (TPSA) is 68.8 Å².